The molecule has 0 aliphatic heterocycles. The first-order valence-corrected chi connectivity index (χ1v) is 3.56. The summed E-state index contributed by atoms with van der Waals surface area (Å²) in [5.41, 5.74) is 0. The van der Waals surface area contributed by atoms with Crippen LogP contribution in [0.3, 0.4) is 0 Å². The molecule has 12 heavy (non-hydrogen) atoms. The first-order valence-electron chi connectivity index (χ1n) is 3.56. The van der Waals surface area contributed by atoms with Gasteiger partial charge in [0.1, 0.15) is 5.76 Å². The van der Waals surface area contributed by atoms with Gasteiger partial charge in [0.05, 0.1) is 19.8 Å². The molecule has 0 spiro atoms. The van der Waals surface area contributed by atoms with E-state index in [4.69, 9.17) is 9.52 Å². The molecule has 0 saturated carbocycles. The second kappa shape index (κ2) is 3.80. The molecule has 0 fully saturated rings. The molecule has 4 heteroatoms. The predicted octanol–water partition coefficient (Wildman–Crippen LogP) is 1.09. The highest BCUT2D eigenvalue weighted by Crippen LogP contribution is 2.18. The molecule has 0 radical (unpaired) electrons. The summed E-state index contributed by atoms with van der Waals surface area (Å²) in [6.07, 6.45) is 1.96. The van der Waals surface area contributed by atoms with Crippen LogP contribution in [0.4, 0.5) is 0 Å². The number of ether oxygens (including phenoxy) is 1. The average molecular weight is 170 g/mol. The molecular weight excluding hydrogens is 160 g/mol. The van der Waals surface area contributed by atoms with Crippen LogP contribution in [0.2, 0.25) is 0 Å². The quantitative estimate of drug-likeness (QED) is 0.690. The van der Waals surface area contributed by atoms with E-state index >= 15 is 0 Å². The molecule has 1 rings (SSSR count). The first-order chi connectivity index (χ1) is 5.74. The van der Waals surface area contributed by atoms with Gasteiger partial charge in [-0.3, -0.25) is 4.79 Å². The molecular formula is C8H10O4. The Balaban J connectivity index is 2.43. The zero-order chi connectivity index (χ0) is 8.97. The van der Waals surface area contributed by atoms with Crippen molar-refractivity contribution in [2.45, 2.75) is 12.8 Å². The molecule has 0 aliphatic rings. The van der Waals surface area contributed by atoms with Crippen LogP contribution >= 0.6 is 0 Å². The van der Waals surface area contributed by atoms with Gasteiger partial charge in [0, 0.05) is 12.5 Å². The highest BCUT2D eigenvalue weighted by molar-refractivity contribution is 5.69. The molecule has 1 aromatic heterocycles. The lowest BCUT2D eigenvalue weighted by atomic mass is 10.2. The lowest BCUT2D eigenvalue weighted by molar-refractivity contribution is -0.140. The van der Waals surface area contributed by atoms with Crippen LogP contribution in [0.25, 0.3) is 0 Å². The third-order valence-electron chi connectivity index (χ3n) is 1.51. The summed E-state index contributed by atoms with van der Waals surface area (Å²) in [4.78, 5) is 10.7. The maximum Gasteiger partial charge on any atom is 0.305 e. The largest absolute Gasteiger partial charge is 0.504 e. The first kappa shape index (κ1) is 8.64. The minimum absolute atomic E-state index is 0.0823. The number of hydrogen-bond acceptors (Lipinski definition) is 4. The van der Waals surface area contributed by atoms with Crippen molar-refractivity contribution in [2.24, 2.45) is 0 Å². The Morgan fingerprint density at radius 3 is 3.00 bits per heavy atom. The summed E-state index contributed by atoms with van der Waals surface area (Å²) >= 11 is 0. The Morgan fingerprint density at radius 1 is 1.75 bits per heavy atom. The average Bonchev–Trinajstić information content (AvgIpc) is 2.47. The number of carbonyl (C=O) groups is 1. The highest BCUT2D eigenvalue weighted by atomic mass is 16.5. The second-order valence-electron chi connectivity index (χ2n) is 2.31. The third kappa shape index (κ3) is 2.02. The van der Waals surface area contributed by atoms with Gasteiger partial charge in [0.15, 0.2) is 5.75 Å². The molecule has 66 valence electrons. The van der Waals surface area contributed by atoms with Gasteiger partial charge in [-0.05, 0) is 0 Å². The van der Waals surface area contributed by atoms with Crippen LogP contribution in [-0.4, -0.2) is 18.2 Å². The van der Waals surface area contributed by atoms with Gasteiger partial charge in [0.25, 0.3) is 0 Å². The predicted molar refractivity (Wildman–Crippen MR) is 40.7 cm³/mol. The van der Waals surface area contributed by atoms with Crippen LogP contribution in [-0.2, 0) is 16.0 Å². The van der Waals surface area contributed by atoms with E-state index in [1.807, 2.05) is 0 Å². The normalized spacial score (nSPS) is 9.75. The minimum atomic E-state index is -0.314. The van der Waals surface area contributed by atoms with Gasteiger partial charge in [-0.2, -0.15) is 0 Å². The van der Waals surface area contributed by atoms with Crippen molar-refractivity contribution in [2.75, 3.05) is 7.11 Å². The molecule has 1 heterocycles. The van der Waals surface area contributed by atoms with Crippen molar-refractivity contribution in [1.82, 2.24) is 0 Å². The molecule has 0 aliphatic carbocycles. The van der Waals surface area contributed by atoms with Gasteiger partial charge >= 0.3 is 5.97 Å². The van der Waals surface area contributed by atoms with Crippen LogP contribution in [0.15, 0.2) is 16.7 Å². The summed E-state index contributed by atoms with van der Waals surface area (Å²) < 4.78 is 9.33. The number of aromatic hydroxyl groups is 1. The summed E-state index contributed by atoms with van der Waals surface area (Å²) in [7, 11) is 1.32. The lowest BCUT2D eigenvalue weighted by Crippen LogP contribution is -2.01. The zero-order valence-electron chi connectivity index (χ0n) is 6.74. The van der Waals surface area contributed by atoms with E-state index in [1.54, 1.807) is 0 Å². The molecule has 1 aromatic rings. The molecule has 0 bridgehead atoms. The number of furan rings is 1. The summed E-state index contributed by atoms with van der Waals surface area (Å²) in [6, 6.07) is 1.44. The Kier molecular flexibility index (Phi) is 2.74. The van der Waals surface area contributed by atoms with Crippen molar-refractivity contribution in [3.8, 4) is 5.75 Å². The molecule has 0 aromatic carbocycles. The monoisotopic (exact) mass is 170 g/mol. The summed E-state index contributed by atoms with van der Waals surface area (Å²) in [6.45, 7) is 0. The number of carbonyl (C=O) groups excluding carboxylic acids is 1. The van der Waals surface area contributed by atoms with Crippen molar-refractivity contribution in [1.29, 1.82) is 0 Å². The Labute approximate surface area is 69.8 Å². The number of aryl methyl sites for hydroxylation is 1. The third-order valence-corrected chi connectivity index (χ3v) is 1.51. The second-order valence-corrected chi connectivity index (χ2v) is 2.31. The molecule has 0 unspecified atom stereocenters. The van der Waals surface area contributed by atoms with E-state index < -0.39 is 0 Å². The molecule has 0 amide bonds. The number of esters is 1. The number of methoxy groups -OCH3 is 1. The topological polar surface area (TPSA) is 59.7 Å². The van der Waals surface area contributed by atoms with E-state index in [0.29, 0.717) is 12.2 Å². The summed E-state index contributed by atoms with van der Waals surface area (Å²) in [5.74, 6) is 0.185. The minimum Gasteiger partial charge on any atom is -0.504 e. The van der Waals surface area contributed by atoms with Crippen LogP contribution < -0.4 is 0 Å². The molecule has 1 N–H and O–H groups in total. The molecule has 4 nitrogen and oxygen atoms in total. The maximum atomic E-state index is 10.7. The van der Waals surface area contributed by atoms with E-state index in [-0.39, 0.29) is 18.1 Å². The Bertz CT molecular complexity index is 264. The van der Waals surface area contributed by atoms with E-state index in [0.717, 1.165) is 0 Å². The van der Waals surface area contributed by atoms with Crippen molar-refractivity contribution < 1.29 is 19.1 Å². The zero-order valence-corrected chi connectivity index (χ0v) is 6.74. The van der Waals surface area contributed by atoms with Crippen LogP contribution in [0, 0.1) is 0 Å². The highest BCUT2D eigenvalue weighted by Gasteiger charge is 2.07. The molecule has 0 saturated heterocycles. The fourth-order valence-corrected chi connectivity index (χ4v) is 0.839. The van der Waals surface area contributed by atoms with Gasteiger partial charge < -0.3 is 14.3 Å². The number of rotatable bonds is 3. The van der Waals surface area contributed by atoms with Gasteiger partial charge in [0.2, 0.25) is 0 Å². The van der Waals surface area contributed by atoms with Crippen molar-refractivity contribution >= 4 is 5.97 Å². The van der Waals surface area contributed by atoms with Gasteiger partial charge in [-0.25, -0.2) is 0 Å². The van der Waals surface area contributed by atoms with E-state index in [2.05, 4.69) is 4.74 Å². The Hall–Kier alpha value is -1.45. The van der Waals surface area contributed by atoms with Crippen LogP contribution in [0.1, 0.15) is 12.2 Å². The van der Waals surface area contributed by atoms with Crippen LogP contribution in [0.5, 0.6) is 5.75 Å². The fourth-order valence-electron chi connectivity index (χ4n) is 0.839. The number of hydrogen-bond donors (Lipinski definition) is 1. The standard InChI is InChI=1S/C8H10O4/c1-11-8(10)3-2-7-6(9)4-5-12-7/h4-5,9H,2-3H2,1H3. The van der Waals surface area contributed by atoms with Crippen molar-refractivity contribution in [3.63, 3.8) is 0 Å². The SMILES string of the molecule is COC(=O)CCc1occc1O. The lowest BCUT2D eigenvalue weighted by Gasteiger charge is -1.96. The van der Waals surface area contributed by atoms with E-state index in [9.17, 15) is 4.79 Å². The Morgan fingerprint density at radius 2 is 2.50 bits per heavy atom. The smallest absolute Gasteiger partial charge is 0.305 e. The molecule has 0 atom stereocenters. The van der Waals surface area contributed by atoms with Gasteiger partial charge in [-0.15, -0.1) is 0 Å². The van der Waals surface area contributed by atoms with Gasteiger partial charge in [-0.1, -0.05) is 0 Å². The fraction of sp³-hybridized carbons (Fsp3) is 0.375. The van der Waals surface area contributed by atoms with Crippen molar-refractivity contribution in [3.05, 3.63) is 18.1 Å². The summed E-state index contributed by atoms with van der Waals surface area (Å²) in [5, 5.41) is 9.09. The maximum absolute atomic E-state index is 10.7. The van der Waals surface area contributed by atoms with E-state index in [1.165, 1.54) is 19.4 Å².